The smallest absolute Gasteiger partial charge is 0.389 e. The van der Waals surface area contributed by atoms with Crippen LogP contribution in [0, 0.1) is 0 Å². The van der Waals surface area contributed by atoms with Crippen molar-refractivity contribution >= 4 is 47.9 Å². The Hall–Kier alpha value is -2.59. The van der Waals surface area contributed by atoms with E-state index in [2.05, 4.69) is 97.1 Å². The van der Waals surface area contributed by atoms with Crippen LogP contribution in [0.15, 0.2) is 121 Å². The largest absolute Gasteiger partial charge is 0.413 e. The SMILES string of the molecule is c1ccc([Si]2(c3ccccc3)O[SiH2]O[Si](c3ccccc3)(c3ccccc3)O2)cc1. The summed E-state index contributed by atoms with van der Waals surface area (Å²) in [5.74, 6) is 0. The minimum absolute atomic E-state index is 1.12. The van der Waals surface area contributed by atoms with E-state index < -0.39 is 27.1 Å². The molecule has 30 heavy (non-hydrogen) atoms. The molecular formula is C24H22O3Si3. The van der Waals surface area contributed by atoms with Gasteiger partial charge in [-0.15, -0.1) is 0 Å². The van der Waals surface area contributed by atoms with Crippen LogP contribution >= 0.6 is 0 Å². The molecule has 0 aromatic heterocycles. The van der Waals surface area contributed by atoms with E-state index in [0.29, 0.717) is 0 Å². The first-order valence-corrected chi connectivity index (χ1v) is 14.8. The molecule has 0 atom stereocenters. The van der Waals surface area contributed by atoms with Crippen LogP contribution in [0.2, 0.25) is 0 Å². The predicted molar refractivity (Wildman–Crippen MR) is 128 cm³/mol. The second-order valence-corrected chi connectivity index (χ2v) is 15.3. The van der Waals surface area contributed by atoms with Gasteiger partial charge in [0.1, 0.15) is 0 Å². The lowest BCUT2D eigenvalue weighted by atomic mass is 10.4. The molecule has 0 unspecified atom stereocenters. The lowest BCUT2D eigenvalue weighted by molar-refractivity contribution is 0.292. The molecule has 1 fully saturated rings. The van der Waals surface area contributed by atoms with Crippen molar-refractivity contribution in [3.05, 3.63) is 121 Å². The molecule has 0 radical (unpaired) electrons. The van der Waals surface area contributed by atoms with Crippen LogP contribution in [0.3, 0.4) is 0 Å². The summed E-state index contributed by atoms with van der Waals surface area (Å²) in [5.41, 5.74) is 0. The Kier molecular flexibility index (Phi) is 5.34. The second kappa shape index (κ2) is 8.27. The zero-order valence-electron chi connectivity index (χ0n) is 16.5. The third-order valence-corrected chi connectivity index (χ3v) is 16.3. The second-order valence-electron chi connectivity index (χ2n) is 7.21. The van der Waals surface area contributed by atoms with Gasteiger partial charge in [0.2, 0.25) is 0 Å². The van der Waals surface area contributed by atoms with Gasteiger partial charge >= 0.3 is 17.1 Å². The first kappa shape index (κ1) is 19.4. The van der Waals surface area contributed by atoms with E-state index in [1.54, 1.807) is 0 Å². The third-order valence-electron chi connectivity index (χ3n) is 5.43. The fourth-order valence-corrected chi connectivity index (χ4v) is 17.0. The van der Waals surface area contributed by atoms with Crippen molar-refractivity contribution in [2.75, 3.05) is 0 Å². The van der Waals surface area contributed by atoms with Crippen LogP contribution in [-0.2, 0) is 12.3 Å². The Labute approximate surface area is 181 Å². The minimum Gasteiger partial charge on any atom is -0.413 e. The normalized spacial score (nSPS) is 17.3. The highest BCUT2D eigenvalue weighted by atomic mass is 28.5. The number of rotatable bonds is 4. The fourth-order valence-electron chi connectivity index (χ4n) is 3.99. The van der Waals surface area contributed by atoms with Crippen molar-refractivity contribution in [2.45, 2.75) is 0 Å². The van der Waals surface area contributed by atoms with Crippen LogP contribution in [0.5, 0.6) is 0 Å². The van der Waals surface area contributed by atoms with Gasteiger partial charge in [0.15, 0.2) is 0 Å². The van der Waals surface area contributed by atoms with E-state index in [-0.39, 0.29) is 0 Å². The summed E-state index contributed by atoms with van der Waals surface area (Å²) in [5, 5.41) is 4.48. The van der Waals surface area contributed by atoms with E-state index in [4.69, 9.17) is 12.3 Å². The van der Waals surface area contributed by atoms with Crippen molar-refractivity contribution in [3.8, 4) is 0 Å². The molecule has 0 amide bonds. The topological polar surface area (TPSA) is 27.7 Å². The summed E-state index contributed by atoms with van der Waals surface area (Å²) >= 11 is 0. The van der Waals surface area contributed by atoms with Crippen molar-refractivity contribution < 1.29 is 12.3 Å². The molecule has 0 saturated carbocycles. The minimum atomic E-state index is -2.94. The van der Waals surface area contributed by atoms with E-state index in [1.165, 1.54) is 0 Å². The van der Waals surface area contributed by atoms with Gasteiger partial charge in [0.05, 0.1) is 0 Å². The summed E-state index contributed by atoms with van der Waals surface area (Å²) in [4.78, 5) is 0. The maximum atomic E-state index is 7.27. The van der Waals surface area contributed by atoms with Gasteiger partial charge in [0, 0.05) is 0 Å². The molecule has 148 valence electrons. The van der Waals surface area contributed by atoms with Crippen molar-refractivity contribution in [1.82, 2.24) is 0 Å². The molecule has 0 bridgehead atoms. The highest BCUT2D eigenvalue weighted by Crippen LogP contribution is 2.23. The highest BCUT2D eigenvalue weighted by Gasteiger charge is 2.57. The Morgan fingerprint density at radius 2 is 0.667 bits per heavy atom. The molecule has 0 N–H and O–H groups in total. The van der Waals surface area contributed by atoms with Crippen LogP contribution in [0.4, 0.5) is 0 Å². The molecule has 6 heteroatoms. The summed E-state index contributed by atoms with van der Waals surface area (Å²) in [6, 6.07) is 41.7. The zero-order chi connectivity index (χ0) is 20.3. The first-order chi connectivity index (χ1) is 14.8. The Balaban J connectivity index is 1.74. The Morgan fingerprint density at radius 3 is 0.933 bits per heavy atom. The van der Waals surface area contributed by atoms with E-state index in [0.717, 1.165) is 20.7 Å². The molecule has 5 rings (SSSR count). The molecule has 0 spiro atoms. The molecule has 1 aliphatic heterocycles. The van der Waals surface area contributed by atoms with Crippen LogP contribution < -0.4 is 20.7 Å². The van der Waals surface area contributed by atoms with Gasteiger partial charge in [-0.05, 0) is 20.7 Å². The number of hydrogen-bond acceptors (Lipinski definition) is 3. The molecule has 3 nitrogen and oxygen atoms in total. The van der Waals surface area contributed by atoms with Crippen molar-refractivity contribution in [3.63, 3.8) is 0 Å². The molecule has 4 aromatic carbocycles. The van der Waals surface area contributed by atoms with Crippen LogP contribution in [-0.4, -0.2) is 27.1 Å². The maximum Gasteiger partial charge on any atom is 0.389 e. The van der Waals surface area contributed by atoms with E-state index >= 15 is 0 Å². The van der Waals surface area contributed by atoms with E-state index in [9.17, 15) is 0 Å². The van der Waals surface area contributed by atoms with Gasteiger partial charge in [-0.2, -0.15) is 0 Å². The molecule has 1 aliphatic rings. The van der Waals surface area contributed by atoms with Crippen molar-refractivity contribution in [2.24, 2.45) is 0 Å². The molecular weight excluding hydrogens is 421 g/mol. The monoisotopic (exact) mass is 442 g/mol. The van der Waals surface area contributed by atoms with Crippen LogP contribution in [0.1, 0.15) is 0 Å². The average molecular weight is 443 g/mol. The Morgan fingerprint density at radius 1 is 0.400 bits per heavy atom. The number of hydrogen-bond donors (Lipinski definition) is 0. The maximum absolute atomic E-state index is 7.27. The summed E-state index contributed by atoms with van der Waals surface area (Å²) < 4.78 is 20.5. The van der Waals surface area contributed by atoms with Gasteiger partial charge in [-0.3, -0.25) is 0 Å². The Bertz CT molecular complexity index is 926. The third kappa shape index (κ3) is 3.33. The molecule has 4 aromatic rings. The standard InChI is InChI=1S/C24H22O3Si3/c1-5-13-21(14-6-1)29(22-15-7-2-8-16-22)25-28-26-30(27-29,23-17-9-3-10-18-23)24-19-11-4-12-20-24/h1-20H,28H2. The van der Waals surface area contributed by atoms with Crippen molar-refractivity contribution in [1.29, 1.82) is 0 Å². The van der Waals surface area contributed by atoms with Gasteiger partial charge in [0.25, 0.3) is 10.0 Å². The fraction of sp³-hybridized carbons (Fsp3) is 0. The van der Waals surface area contributed by atoms with Gasteiger partial charge in [-0.25, -0.2) is 0 Å². The van der Waals surface area contributed by atoms with E-state index in [1.807, 2.05) is 24.3 Å². The summed E-state index contributed by atoms with van der Waals surface area (Å²) in [6.07, 6.45) is 0. The van der Waals surface area contributed by atoms with Gasteiger partial charge in [-0.1, -0.05) is 121 Å². The molecule has 1 saturated heterocycles. The highest BCUT2D eigenvalue weighted by molar-refractivity contribution is 7.08. The lowest BCUT2D eigenvalue weighted by Gasteiger charge is -2.46. The zero-order valence-corrected chi connectivity index (χ0v) is 19.9. The lowest BCUT2D eigenvalue weighted by Crippen LogP contribution is -2.79. The van der Waals surface area contributed by atoms with Crippen LogP contribution in [0.25, 0.3) is 0 Å². The predicted octanol–water partition coefficient (Wildman–Crippen LogP) is 1.56. The quantitative estimate of drug-likeness (QED) is 0.449. The molecule has 0 aliphatic carbocycles. The first-order valence-electron chi connectivity index (χ1n) is 10.0. The van der Waals surface area contributed by atoms with Gasteiger partial charge < -0.3 is 12.3 Å². The molecule has 1 heterocycles. The average Bonchev–Trinajstić information content (AvgIpc) is 2.86. The number of benzene rings is 4. The summed E-state index contributed by atoms with van der Waals surface area (Å²) in [6.45, 7) is 0. The summed E-state index contributed by atoms with van der Waals surface area (Å²) in [7, 11) is -7.15.